The van der Waals surface area contributed by atoms with Crippen LogP contribution in [0.5, 0.6) is 0 Å². The van der Waals surface area contributed by atoms with Crippen LogP contribution < -0.4 is 10.6 Å². The van der Waals surface area contributed by atoms with Crippen LogP contribution in [0.1, 0.15) is 17.0 Å². The van der Waals surface area contributed by atoms with E-state index in [1.54, 1.807) is 24.3 Å². The lowest BCUT2D eigenvalue weighted by Gasteiger charge is -2.10. The Morgan fingerprint density at radius 3 is 2.35 bits per heavy atom. The molecule has 0 spiro atoms. The van der Waals surface area contributed by atoms with Crippen molar-refractivity contribution in [1.29, 1.82) is 0 Å². The molecule has 3 aromatic rings. The van der Waals surface area contributed by atoms with Crippen molar-refractivity contribution < 1.29 is 4.79 Å². The van der Waals surface area contributed by atoms with Gasteiger partial charge in [-0.25, -0.2) is 4.79 Å². The highest BCUT2D eigenvalue weighted by Crippen LogP contribution is 2.24. The molecule has 0 aliphatic heterocycles. The van der Waals surface area contributed by atoms with Crippen LogP contribution in [-0.2, 0) is 6.54 Å². The molecule has 0 radical (unpaired) electrons. The summed E-state index contributed by atoms with van der Waals surface area (Å²) in [5, 5.41) is 11.3. The predicted octanol–water partition coefficient (Wildman–Crippen LogP) is 5.50. The van der Waals surface area contributed by atoms with Gasteiger partial charge in [-0.3, -0.25) is 4.68 Å². The van der Waals surface area contributed by atoms with Gasteiger partial charge in [0.1, 0.15) is 0 Å². The van der Waals surface area contributed by atoms with Crippen molar-refractivity contribution in [2.75, 3.05) is 10.6 Å². The van der Waals surface area contributed by atoms with Crippen molar-refractivity contribution in [1.82, 2.24) is 9.78 Å². The van der Waals surface area contributed by atoms with E-state index in [-0.39, 0.29) is 6.03 Å². The molecule has 134 valence electrons. The molecule has 0 unspecified atom stereocenters. The maximum Gasteiger partial charge on any atom is 0.323 e. The number of nitrogens with zero attached hydrogens (tertiary/aromatic N) is 2. The third kappa shape index (κ3) is 4.00. The summed E-state index contributed by atoms with van der Waals surface area (Å²) in [5.74, 6) is 0. The number of carbonyl (C=O) groups excluding carboxylic acids is 1. The standard InChI is InChI=1S/C19H18Cl2N4O/c1-12-18(23-19(26)22-17-10-6-5-9-16(17)21)13(2)25(24-12)11-14-7-3-4-8-15(14)20/h3-10H,11H2,1-2H3,(H2,22,23,26). The summed E-state index contributed by atoms with van der Waals surface area (Å²) in [5.41, 5.74) is 3.75. The zero-order chi connectivity index (χ0) is 18.7. The first-order valence-electron chi connectivity index (χ1n) is 8.05. The van der Waals surface area contributed by atoms with Crippen molar-refractivity contribution in [2.24, 2.45) is 0 Å². The Kier molecular flexibility index (Phi) is 5.49. The molecule has 0 saturated heterocycles. The number of amides is 2. The molecule has 26 heavy (non-hydrogen) atoms. The van der Waals surface area contributed by atoms with Gasteiger partial charge in [-0.1, -0.05) is 53.5 Å². The van der Waals surface area contributed by atoms with Gasteiger partial charge in [-0.15, -0.1) is 0 Å². The zero-order valence-electron chi connectivity index (χ0n) is 14.4. The highest BCUT2D eigenvalue weighted by atomic mass is 35.5. The number of urea groups is 1. The van der Waals surface area contributed by atoms with E-state index in [0.717, 1.165) is 17.0 Å². The van der Waals surface area contributed by atoms with Crippen molar-refractivity contribution in [2.45, 2.75) is 20.4 Å². The summed E-state index contributed by atoms with van der Waals surface area (Å²) < 4.78 is 1.82. The molecule has 2 aromatic carbocycles. The van der Waals surface area contributed by atoms with E-state index in [0.29, 0.717) is 28.0 Å². The van der Waals surface area contributed by atoms with Gasteiger partial charge in [-0.05, 0) is 37.6 Å². The number of aryl methyl sites for hydroxylation is 1. The van der Waals surface area contributed by atoms with E-state index in [9.17, 15) is 4.79 Å². The first kappa shape index (κ1) is 18.3. The van der Waals surface area contributed by atoms with Gasteiger partial charge in [0.05, 0.1) is 34.3 Å². The fourth-order valence-corrected chi connectivity index (χ4v) is 3.03. The second-order valence-electron chi connectivity index (χ2n) is 5.85. The Hall–Kier alpha value is -2.50. The van der Waals surface area contributed by atoms with E-state index in [4.69, 9.17) is 23.2 Å². The van der Waals surface area contributed by atoms with Crippen LogP contribution in [-0.4, -0.2) is 15.8 Å². The molecule has 0 atom stereocenters. The highest BCUT2D eigenvalue weighted by molar-refractivity contribution is 6.33. The van der Waals surface area contributed by atoms with Gasteiger partial charge in [0.2, 0.25) is 0 Å². The number of benzene rings is 2. The van der Waals surface area contributed by atoms with Crippen LogP contribution in [0.4, 0.5) is 16.2 Å². The number of rotatable bonds is 4. The summed E-state index contributed by atoms with van der Waals surface area (Å²) in [6, 6.07) is 14.3. The van der Waals surface area contributed by atoms with Gasteiger partial charge in [0, 0.05) is 5.02 Å². The Labute approximate surface area is 161 Å². The minimum absolute atomic E-state index is 0.374. The summed E-state index contributed by atoms with van der Waals surface area (Å²) in [6.07, 6.45) is 0. The predicted molar refractivity (Wildman–Crippen MR) is 106 cm³/mol. The van der Waals surface area contributed by atoms with E-state index in [1.165, 1.54) is 0 Å². The van der Waals surface area contributed by atoms with Gasteiger partial charge in [0.25, 0.3) is 0 Å². The largest absolute Gasteiger partial charge is 0.323 e. The number of anilines is 2. The minimum Gasteiger partial charge on any atom is -0.306 e. The number of para-hydroxylation sites is 1. The van der Waals surface area contributed by atoms with E-state index in [2.05, 4.69) is 15.7 Å². The van der Waals surface area contributed by atoms with Gasteiger partial charge >= 0.3 is 6.03 Å². The summed E-state index contributed by atoms with van der Waals surface area (Å²) >= 11 is 12.3. The molecule has 1 heterocycles. The molecule has 0 fully saturated rings. The fourth-order valence-electron chi connectivity index (χ4n) is 2.65. The molecule has 1 aromatic heterocycles. The third-order valence-electron chi connectivity index (χ3n) is 4.02. The third-order valence-corrected chi connectivity index (χ3v) is 4.72. The molecule has 5 nitrogen and oxygen atoms in total. The van der Waals surface area contributed by atoms with Crippen LogP contribution in [0.3, 0.4) is 0 Å². The normalized spacial score (nSPS) is 10.6. The van der Waals surface area contributed by atoms with Crippen LogP contribution >= 0.6 is 23.2 Å². The molecule has 0 aliphatic rings. The maximum absolute atomic E-state index is 12.3. The van der Waals surface area contributed by atoms with Crippen molar-refractivity contribution >= 4 is 40.6 Å². The van der Waals surface area contributed by atoms with E-state index >= 15 is 0 Å². The van der Waals surface area contributed by atoms with Gasteiger partial charge in [0.15, 0.2) is 0 Å². The lowest BCUT2D eigenvalue weighted by atomic mass is 10.2. The molecular weight excluding hydrogens is 371 g/mol. The Balaban J connectivity index is 1.77. The lowest BCUT2D eigenvalue weighted by molar-refractivity contribution is 0.262. The van der Waals surface area contributed by atoms with E-state index < -0.39 is 0 Å². The Bertz CT molecular complexity index is 952. The SMILES string of the molecule is Cc1nn(Cc2ccccc2Cl)c(C)c1NC(=O)Nc1ccccc1Cl. The number of carbonyl (C=O) groups is 1. The lowest BCUT2D eigenvalue weighted by Crippen LogP contribution is -2.20. The van der Waals surface area contributed by atoms with Crippen LogP contribution in [0.2, 0.25) is 10.0 Å². The fraction of sp³-hybridized carbons (Fsp3) is 0.158. The molecule has 0 saturated carbocycles. The van der Waals surface area contributed by atoms with Gasteiger partial charge in [-0.2, -0.15) is 5.10 Å². The van der Waals surface area contributed by atoms with E-state index in [1.807, 2.05) is 42.8 Å². The summed E-state index contributed by atoms with van der Waals surface area (Å²) in [7, 11) is 0. The number of nitrogens with one attached hydrogen (secondary N) is 2. The average Bonchev–Trinajstić information content (AvgIpc) is 2.86. The first-order valence-corrected chi connectivity index (χ1v) is 8.81. The van der Waals surface area contributed by atoms with Gasteiger partial charge < -0.3 is 10.6 Å². The molecule has 2 N–H and O–H groups in total. The average molecular weight is 389 g/mol. The van der Waals surface area contributed by atoms with Crippen molar-refractivity contribution in [3.63, 3.8) is 0 Å². The minimum atomic E-state index is -0.374. The zero-order valence-corrected chi connectivity index (χ0v) is 15.9. The molecule has 3 rings (SSSR count). The van der Waals surface area contributed by atoms with Crippen LogP contribution in [0.25, 0.3) is 0 Å². The topological polar surface area (TPSA) is 59.0 Å². The monoisotopic (exact) mass is 388 g/mol. The van der Waals surface area contributed by atoms with Crippen LogP contribution in [0, 0.1) is 13.8 Å². The second-order valence-corrected chi connectivity index (χ2v) is 6.67. The molecular formula is C19H18Cl2N4O. The highest BCUT2D eigenvalue weighted by Gasteiger charge is 2.15. The number of hydrogen-bond donors (Lipinski definition) is 2. The quantitative estimate of drug-likeness (QED) is 0.619. The van der Waals surface area contributed by atoms with Crippen LogP contribution in [0.15, 0.2) is 48.5 Å². The number of halogens is 2. The summed E-state index contributed by atoms with van der Waals surface area (Å²) in [4.78, 5) is 12.3. The molecule has 7 heteroatoms. The number of aromatic nitrogens is 2. The molecule has 0 aliphatic carbocycles. The summed E-state index contributed by atoms with van der Waals surface area (Å²) in [6.45, 7) is 4.28. The first-order chi connectivity index (χ1) is 12.5. The molecule has 2 amide bonds. The molecule has 0 bridgehead atoms. The second kappa shape index (κ2) is 7.81. The Morgan fingerprint density at radius 2 is 1.65 bits per heavy atom. The van der Waals surface area contributed by atoms with Crippen molar-refractivity contribution in [3.8, 4) is 0 Å². The Morgan fingerprint density at radius 1 is 1.00 bits per heavy atom. The van der Waals surface area contributed by atoms with Crippen molar-refractivity contribution in [3.05, 3.63) is 75.5 Å². The number of hydrogen-bond acceptors (Lipinski definition) is 2. The smallest absolute Gasteiger partial charge is 0.306 e. The maximum atomic E-state index is 12.3.